The fourth-order valence-electron chi connectivity index (χ4n) is 2.81. The van der Waals surface area contributed by atoms with Crippen LogP contribution in [0.4, 0.5) is 24.8 Å². The van der Waals surface area contributed by atoms with Gasteiger partial charge >= 0.3 is 12.1 Å². The van der Waals surface area contributed by atoms with Crippen molar-refractivity contribution in [3.8, 4) is 0 Å². The highest BCUT2D eigenvalue weighted by Gasteiger charge is 2.31. The van der Waals surface area contributed by atoms with E-state index >= 15 is 0 Å². The van der Waals surface area contributed by atoms with Crippen molar-refractivity contribution in [1.29, 1.82) is 0 Å². The summed E-state index contributed by atoms with van der Waals surface area (Å²) in [5.74, 6) is 0.853. The van der Waals surface area contributed by atoms with Crippen LogP contribution in [0.15, 0.2) is 36.7 Å². The van der Waals surface area contributed by atoms with Crippen LogP contribution in [0.1, 0.15) is 22.8 Å². The number of hydrogen-bond acceptors (Lipinski definition) is 6. The number of nitrogens with zero attached hydrogens (tertiary/aromatic N) is 4. The smallest absolute Gasteiger partial charge is 0.417 e. The van der Waals surface area contributed by atoms with E-state index in [9.17, 15) is 18.0 Å². The topological polar surface area (TPSA) is 58.6 Å². The highest BCUT2D eigenvalue weighted by atomic mass is 19.4. The molecule has 0 saturated carbocycles. The first-order chi connectivity index (χ1) is 12.9. The monoisotopic (exact) mass is 380 g/mol. The maximum atomic E-state index is 12.6. The van der Waals surface area contributed by atoms with E-state index in [0.29, 0.717) is 44.2 Å². The zero-order valence-corrected chi connectivity index (χ0v) is 14.7. The van der Waals surface area contributed by atoms with E-state index < -0.39 is 17.7 Å². The molecule has 144 valence electrons. The average molecular weight is 380 g/mol. The molecular formula is C18H19F3N4O2. The third-order valence-electron chi connectivity index (χ3n) is 4.26. The summed E-state index contributed by atoms with van der Waals surface area (Å²) in [5.41, 5.74) is -0.357. The van der Waals surface area contributed by atoms with Gasteiger partial charge in [0.15, 0.2) is 0 Å². The lowest BCUT2D eigenvalue weighted by atomic mass is 10.2. The molecular weight excluding hydrogens is 361 g/mol. The van der Waals surface area contributed by atoms with Gasteiger partial charge < -0.3 is 14.5 Å². The van der Waals surface area contributed by atoms with Crippen LogP contribution in [0.25, 0.3) is 0 Å². The first-order valence-corrected chi connectivity index (χ1v) is 8.55. The number of pyridine rings is 2. The lowest BCUT2D eigenvalue weighted by molar-refractivity contribution is -0.137. The van der Waals surface area contributed by atoms with Crippen LogP contribution in [0.5, 0.6) is 0 Å². The summed E-state index contributed by atoms with van der Waals surface area (Å²) in [6.45, 7) is 4.56. The molecule has 0 aromatic carbocycles. The number of carbonyl (C=O) groups excluding carboxylic acids is 1. The summed E-state index contributed by atoms with van der Waals surface area (Å²) in [7, 11) is 0. The van der Waals surface area contributed by atoms with E-state index in [1.807, 2.05) is 4.90 Å². The number of carbonyl (C=O) groups is 1. The SMILES string of the molecule is CCOC(=O)c1ccc(N2CCN(c3ccc(C(F)(F)F)cn3)CC2)nc1. The van der Waals surface area contributed by atoms with Gasteiger partial charge in [-0.05, 0) is 31.2 Å². The molecule has 27 heavy (non-hydrogen) atoms. The molecule has 0 radical (unpaired) electrons. The molecule has 3 rings (SSSR count). The molecule has 2 aromatic heterocycles. The number of aromatic nitrogens is 2. The van der Waals surface area contributed by atoms with Crippen molar-refractivity contribution in [1.82, 2.24) is 9.97 Å². The molecule has 6 nitrogen and oxygen atoms in total. The minimum atomic E-state index is -4.38. The molecule has 1 saturated heterocycles. The predicted octanol–water partition coefficient (Wildman–Crippen LogP) is 3.00. The van der Waals surface area contributed by atoms with Gasteiger partial charge in [0.05, 0.1) is 17.7 Å². The number of esters is 1. The Hall–Kier alpha value is -2.84. The lowest BCUT2D eigenvalue weighted by Gasteiger charge is -2.36. The van der Waals surface area contributed by atoms with Gasteiger partial charge in [-0.2, -0.15) is 13.2 Å². The normalized spacial score (nSPS) is 15.0. The van der Waals surface area contributed by atoms with Crippen molar-refractivity contribution in [2.45, 2.75) is 13.1 Å². The van der Waals surface area contributed by atoms with E-state index in [4.69, 9.17) is 4.74 Å². The molecule has 0 aliphatic carbocycles. The van der Waals surface area contributed by atoms with Crippen LogP contribution in [-0.4, -0.2) is 48.7 Å². The number of alkyl halides is 3. The van der Waals surface area contributed by atoms with Gasteiger partial charge in [0.2, 0.25) is 0 Å². The van der Waals surface area contributed by atoms with E-state index in [1.165, 1.54) is 12.3 Å². The molecule has 2 aromatic rings. The van der Waals surface area contributed by atoms with Gasteiger partial charge in [-0.25, -0.2) is 14.8 Å². The summed E-state index contributed by atoms with van der Waals surface area (Å²) in [6, 6.07) is 5.87. The highest BCUT2D eigenvalue weighted by molar-refractivity contribution is 5.89. The molecule has 0 N–H and O–H groups in total. The number of piperazine rings is 1. The van der Waals surface area contributed by atoms with Crippen molar-refractivity contribution in [3.63, 3.8) is 0 Å². The van der Waals surface area contributed by atoms with Crippen molar-refractivity contribution >= 4 is 17.6 Å². The summed E-state index contributed by atoms with van der Waals surface area (Å²) in [4.78, 5) is 23.9. The van der Waals surface area contributed by atoms with Crippen LogP contribution >= 0.6 is 0 Å². The molecule has 1 fully saturated rings. The fourth-order valence-corrected chi connectivity index (χ4v) is 2.81. The van der Waals surface area contributed by atoms with Crippen molar-refractivity contribution in [3.05, 3.63) is 47.8 Å². The minimum absolute atomic E-state index is 0.306. The summed E-state index contributed by atoms with van der Waals surface area (Å²) >= 11 is 0. The van der Waals surface area contributed by atoms with Gasteiger partial charge in [0.1, 0.15) is 11.6 Å². The minimum Gasteiger partial charge on any atom is -0.462 e. The number of ether oxygens (including phenoxy) is 1. The number of rotatable bonds is 4. The van der Waals surface area contributed by atoms with Crippen molar-refractivity contribution in [2.75, 3.05) is 42.6 Å². The largest absolute Gasteiger partial charge is 0.462 e. The predicted molar refractivity (Wildman–Crippen MR) is 93.9 cm³/mol. The quantitative estimate of drug-likeness (QED) is 0.760. The maximum absolute atomic E-state index is 12.6. The second-order valence-corrected chi connectivity index (χ2v) is 6.00. The Morgan fingerprint density at radius 1 is 1.00 bits per heavy atom. The molecule has 1 aliphatic heterocycles. The van der Waals surface area contributed by atoms with Gasteiger partial charge in [-0.1, -0.05) is 0 Å². The lowest BCUT2D eigenvalue weighted by Crippen LogP contribution is -2.47. The molecule has 3 heterocycles. The molecule has 0 amide bonds. The first-order valence-electron chi connectivity index (χ1n) is 8.55. The molecule has 0 bridgehead atoms. The van der Waals surface area contributed by atoms with E-state index in [-0.39, 0.29) is 0 Å². The van der Waals surface area contributed by atoms with Gasteiger partial charge in [-0.15, -0.1) is 0 Å². The van der Waals surface area contributed by atoms with E-state index in [0.717, 1.165) is 18.1 Å². The third-order valence-corrected chi connectivity index (χ3v) is 4.26. The van der Waals surface area contributed by atoms with Gasteiger partial charge in [0, 0.05) is 38.6 Å². The van der Waals surface area contributed by atoms with Crippen molar-refractivity contribution in [2.24, 2.45) is 0 Å². The second-order valence-electron chi connectivity index (χ2n) is 6.00. The standard InChI is InChI=1S/C18H19F3N4O2/c1-2-27-17(26)13-3-5-15(22-11-13)24-7-9-25(10-8-24)16-6-4-14(12-23-16)18(19,20)21/h3-6,11-12H,2,7-10H2,1H3. The second kappa shape index (κ2) is 7.81. The number of halogens is 3. The Bertz CT molecular complexity index is 771. The molecule has 1 aliphatic rings. The Morgan fingerprint density at radius 2 is 1.56 bits per heavy atom. The fraction of sp³-hybridized carbons (Fsp3) is 0.389. The molecule has 0 spiro atoms. The van der Waals surface area contributed by atoms with Crippen LogP contribution in [0.3, 0.4) is 0 Å². The van der Waals surface area contributed by atoms with Crippen molar-refractivity contribution < 1.29 is 22.7 Å². The zero-order chi connectivity index (χ0) is 19.4. The molecule has 9 heteroatoms. The average Bonchev–Trinajstić information content (AvgIpc) is 2.68. The van der Waals surface area contributed by atoms with Gasteiger partial charge in [-0.3, -0.25) is 0 Å². The van der Waals surface area contributed by atoms with Crippen LogP contribution in [0.2, 0.25) is 0 Å². The van der Waals surface area contributed by atoms with Gasteiger partial charge in [0.25, 0.3) is 0 Å². The summed E-state index contributed by atoms with van der Waals surface area (Å²) < 4.78 is 42.8. The van der Waals surface area contributed by atoms with Crippen LogP contribution in [0, 0.1) is 0 Å². The maximum Gasteiger partial charge on any atom is 0.417 e. The summed E-state index contributed by atoms with van der Waals surface area (Å²) in [6.07, 6.45) is -2.04. The van der Waals surface area contributed by atoms with E-state index in [1.54, 1.807) is 19.1 Å². The van der Waals surface area contributed by atoms with Crippen LogP contribution in [-0.2, 0) is 10.9 Å². The third kappa shape index (κ3) is 4.47. The summed E-state index contributed by atoms with van der Waals surface area (Å²) in [5, 5.41) is 0. The highest BCUT2D eigenvalue weighted by Crippen LogP contribution is 2.29. The number of anilines is 2. The molecule has 0 unspecified atom stereocenters. The van der Waals surface area contributed by atoms with Crippen LogP contribution < -0.4 is 9.80 Å². The molecule has 0 atom stereocenters. The Kier molecular flexibility index (Phi) is 5.48. The Labute approximate surface area is 154 Å². The first kappa shape index (κ1) is 18.9. The Morgan fingerprint density at radius 3 is 1.96 bits per heavy atom. The Balaban J connectivity index is 1.59. The van der Waals surface area contributed by atoms with E-state index in [2.05, 4.69) is 14.9 Å². The zero-order valence-electron chi connectivity index (χ0n) is 14.7. The number of hydrogen-bond donors (Lipinski definition) is 0.